The second-order valence-corrected chi connectivity index (χ2v) is 4.19. The molecule has 1 saturated heterocycles. The van der Waals surface area contributed by atoms with Gasteiger partial charge in [-0.05, 0) is 19.4 Å². The van der Waals surface area contributed by atoms with Crippen LogP contribution in [0.5, 0.6) is 0 Å². The van der Waals surface area contributed by atoms with Crippen LogP contribution in [0.15, 0.2) is 0 Å². The Bertz CT molecular complexity index is 265. The predicted octanol–water partition coefficient (Wildman–Crippen LogP) is -1.04. The van der Waals surface area contributed by atoms with E-state index in [1.54, 1.807) is 14.2 Å². The molecule has 0 bridgehead atoms. The topological polar surface area (TPSA) is 70.7 Å². The highest BCUT2D eigenvalue weighted by molar-refractivity contribution is 5.87. The van der Waals surface area contributed by atoms with Gasteiger partial charge < -0.3 is 20.3 Å². The van der Waals surface area contributed by atoms with Gasteiger partial charge in [-0.2, -0.15) is 0 Å². The van der Waals surface area contributed by atoms with E-state index in [1.165, 1.54) is 4.90 Å². The number of carbonyl (C=O) groups is 2. The van der Waals surface area contributed by atoms with Crippen LogP contribution in [0.25, 0.3) is 0 Å². The summed E-state index contributed by atoms with van der Waals surface area (Å²) in [5.74, 6) is -0.166. The van der Waals surface area contributed by atoms with Crippen molar-refractivity contribution in [3.63, 3.8) is 0 Å². The molecule has 0 radical (unpaired) electrons. The maximum atomic E-state index is 11.9. The predicted molar refractivity (Wildman–Crippen MR) is 63.5 cm³/mol. The average molecular weight is 243 g/mol. The monoisotopic (exact) mass is 243 g/mol. The summed E-state index contributed by atoms with van der Waals surface area (Å²) < 4.78 is 4.82. The van der Waals surface area contributed by atoms with Crippen LogP contribution in [-0.4, -0.2) is 63.2 Å². The first-order chi connectivity index (χ1) is 8.15. The molecule has 0 unspecified atom stereocenters. The molecule has 0 aliphatic carbocycles. The molecule has 2 amide bonds. The first-order valence-corrected chi connectivity index (χ1v) is 5.89. The highest BCUT2D eigenvalue weighted by Gasteiger charge is 2.25. The minimum Gasteiger partial charge on any atom is -0.383 e. The number of nitrogens with one attached hydrogen (secondary N) is 2. The zero-order chi connectivity index (χ0) is 12.7. The van der Waals surface area contributed by atoms with E-state index < -0.39 is 0 Å². The van der Waals surface area contributed by atoms with Gasteiger partial charge >= 0.3 is 0 Å². The summed E-state index contributed by atoms with van der Waals surface area (Å²) >= 11 is 0. The largest absolute Gasteiger partial charge is 0.383 e. The first kappa shape index (κ1) is 13.9. The SMILES string of the molecule is COCCNC(=O)CN(C)C(=O)[C@@H]1CCCN1. The normalized spacial score (nSPS) is 19.1. The zero-order valence-corrected chi connectivity index (χ0v) is 10.5. The summed E-state index contributed by atoms with van der Waals surface area (Å²) in [5.41, 5.74) is 0. The molecule has 0 aromatic rings. The number of nitrogens with zero attached hydrogens (tertiary/aromatic N) is 1. The Hall–Kier alpha value is -1.14. The van der Waals surface area contributed by atoms with Gasteiger partial charge in [-0.15, -0.1) is 0 Å². The molecule has 1 aliphatic heterocycles. The number of rotatable bonds is 6. The van der Waals surface area contributed by atoms with Gasteiger partial charge in [-0.25, -0.2) is 0 Å². The number of amides is 2. The molecule has 1 atom stereocenters. The van der Waals surface area contributed by atoms with E-state index in [0.717, 1.165) is 19.4 Å². The lowest BCUT2D eigenvalue weighted by atomic mass is 10.2. The van der Waals surface area contributed by atoms with E-state index in [9.17, 15) is 9.59 Å². The van der Waals surface area contributed by atoms with Crippen LogP contribution in [-0.2, 0) is 14.3 Å². The lowest BCUT2D eigenvalue weighted by molar-refractivity contribution is -0.136. The molecule has 0 aromatic heterocycles. The van der Waals surface area contributed by atoms with Crippen molar-refractivity contribution in [2.24, 2.45) is 0 Å². The molecular weight excluding hydrogens is 222 g/mol. The van der Waals surface area contributed by atoms with E-state index in [-0.39, 0.29) is 24.4 Å². The van der Waals surface area contributed by atoms with Crippen molar-refractivity contribution in [2.45, 2.75) is 18.9 Å². The molecule has 6 heteroatoms. The van der Waals surface area contributed by atoms with Gasteiger partial charge in [0.25, 0.3) is 0 Å². The van der Waals surface area contributed by atoms with E-state index in [4.69, 9.17) is 4.74 Å². The third kappa shape index (κ3) is 4.70. The summed E-state index contributed by atoms with van der Waals surface area (Å²) in [4.78, 5) is 24.8. The summed E-state index contributed by atoms with van der Waals surface area (Å²) in [6.45, 7) is 1.93. The summed E-state index contributed by atoms with van der Waals surface area (Å²) in [5, 5.41) is 5.80. The van der Waals surface area contributed by atoms with E-state index in [1.807, 2.05) is 0 Å². The lowest BCUT2D eigenvalue weighted by Crippen LogP contribution is -2.46. The Kier molecular flexibility index (Phi) is 5.93. The average Bonchev–Trinajstić information content (AvgIpc) is 2.81. The van der Waals surface area contributed by atoms with Crippen molar-refractivity contribution in [1.29, 1.82) is 0 Å². The van der Waals surface area contributed by atoms with Crippen LogP contribution in [0, 0.1) is 0 Å². The van der Waals surface area contributed by atoms with Crippen molar-refractivity contribution < 1.29 is 14.3 Å². The Labute approximate surface area is 102 Å². The van der Waals surface area contributed by atoms with Crippen LogP contribution in [0.1, 0.15) is 12.8 Å². The smallest absolute Gasteiger partial charge is 0.239 e. The lowest BCUT2D eigenvalue weighted by Gasteiger charge is -2.20. The number of carbonyl (C=O) groups excluding carboxylic acids is 2. The maximum absolute atomic E-state index is 11.9. The minimum atomic E-state index is -0.157. The number of ether oxygens (including phenoxy) is 1. The molecule has 1 rings (SSSR count). The van der Waals surface area contributed by atoms with Crippen LogP contribution in [0.4, 0.5) is 0 Å². The van der Waals surface area contributed by atoms with Crippen LogP contribution in [0.3, 0.4) is 0 Å². The third-order valence-corrected chi connectivity index (χ3v) is 2.74. The molecule has 0 spiro atoms. The van der Waals surface area contributed by atoms with Crippen molar-refractivity contribution >= 4 is 11.8 Å². The van der Waals surface area contributed by atoms with Crippen molar-refractivity contribution in [1.82, 2.24) is 15.5 Å². The van der Waals surface area contributed by atoms with Crippen molar-refractivity contribution in [3.8, 4) is 0 Å². The molecule has 1 aliphatic rings. The minimum absolute atomic E-state index is 0.00982. The number of methoxy groups -OCH3 is 1. The molecule has 98 valence electrons. The third-order valence-electron chi connectivity index (χ3n) is 2.74. The van der Waals surface area contributed by atoms with Gasteiger partial charge in [0.2, 0.25) is 11.8 Å². The standard InChI is InChI=1S/C11H21N3O3/c1-14(8-10(15)13-6-7-17-2)11(16)9-4-3-5-12-9/h9,12H,3-8H2,1-2H3,(H,13,15)/t9-/m0/s1. The van der Waals surface area contributed by atoms with Gasteiger partial charge in [-0.1, -0.05) is 0 Å². The second kappa shape index (κ2) is 7.24. The van der Waals surface area contributed by atoms with Crippen LogP contribution >= 0.6 is 0 Å². The highest BCUT2D eigenvalue weighted by Crippen LogP contribution is 2.07. The van der Waals surface area contributed by atoms with Gasteiger partial charge in [-0.3, -0.25) is 9.59 Å². The van der Waals surface area contributed by atoms with Gasteiger partial charge in [0.15, 0.2) is 0 Å². The van der Waals surface area contributed by atoms with Gasteiger partial charge in [0.1, 0.15) is 0 Å². The number of hydrogen-bond donors (Lipinski definition) is 2. The fourth-order valence-electron chi connectivity index (χ4n) is 1.80. The maximum Gasteiger partial charge on any atom is 0.239 e. The highest BCUT2D eigenvalue weighted by atomic mass is 16.5. The van der Waals surface area contributed by atoms with Crippen molar-refractivity contribution in [3.05, 3.63) is 0 Å². The molecular formula is C11H21N3O3. The Morgan fingerprint density at radius 2 is 2.29 bits per heavy atom. The molecule has 6 nitrogen and oxygen atoms in total. The molecule has 0 aromatic carbocycles. The summed E-state index contributed by atoms with van der Waals surface area (Å²) in [6, 6.07) is -0.119. The van der Waals surface area contributed by atoms with Crippen LogP contribution in [0.2, 0.25) is 0 Å². The fourth-order valence-corrected chi connectivity index (χ4v) is 1.80. The van der Waals surface area contributed by atoms with Crippen molar-refractivity contribution in [2.75, 3.05) is 40.4 Å². The van der Waals surface area contributed by atoms with Crippen LogP contribution < -0.4 is 10.6 Å². The fraction of sp³-hybridized carbons (Fsp3) is 0.818. The number of likely N-dealkylation sites (N-methyl/N-ethyl adjacent to an activating group) is 1. The zero-order valence-electron chi connectivity index (χ0n) is 10.5. The van der Waals surface area contributed by atoms with Gasteiger partial charge in [0.05, 0.1) is 19.2 Å². The Morgan fingerprint density at radius 1 is 1.53 bits per heavy atom. The molecule has 0 saturated carbocycles. The Balaban J connectivity index is 2.24. The van der Waals surface area contributed by atoms with E-state index in [0.29, 0.717) is 13.2 Å². The molecule has 1 fully saturated rings. The second-order valence-electron chi connectivity index (χ2n) is 4.19. The first-order valence-electron chi connectivity index (χ1n) is 5.89. The summed E-state index contributed by atoms with van der Waals surface area (Å²) in [7, 11) is 3.23. The van der Waals surface area contributed by atoms with Gasteiger partial charge in [0, 0.05) is 20.7 Å². The Morgan fingerprint density at radius 3 is 2.88 bits per heavy atom. The number of hydrogen-bond acceptors (Lipinski definition) is 4. The molecule has 1 heterocycles. The molecule has 2 N–H and O–H groups in total. The van der Waals surface area contributed by atoms with E-state index in [2.05, 4.69) is 10.6 Å². The summed E-state index contributed by atoms with van der Waals surface area (Å²) in [6.07, 6.45) is 1.87. The quantitative estimate of drug-likeness (QED) is 0.585. The molecule has 17 heavy (non-hydrogen) atoms. The van der Waals surface area contributed by atoms with E-state index >= 15 is 0 Å².